The smallest absolute Gasteiger partial charge is 0.223 e. The van der Waals surface area contributed by atoms with Gasteiger partial charge in [0.05, 0.1) is 18.8 Å². The van der Waals surface area contributed by atoms with Gasteiger partial charge in [0.15, 0.2) is 0 Å². The van der Waals surface area contributed by atoms with Gasteiger partial charge in [-0.3, -0.25) is 5.10 Å². The molecule has 0 atom stereocenters. The molecule has 5 rings (SSSR count). The van der Waals surface area contributed by atoms with Crippen molar-refractivity contribution in [3.05, 3.63) is 66.1 Å². The lowest BCUT2D eigenvalue weighted by atomic mass is 9.74. The molecular formula is C25H27N5O2. The van der Waals surface area contributed by atoms with Gasteiger partial charge in [0.2, 0.25) is 5.95 Å². The molecule has 1 fully saturated rings. The van der Waals surface area contributed by atoms with E-state index in [-0.39, 0.29) is 5.41 Å². The van der Waals surface area contributed by atoms with Crippen molar-refractivity contribution < 1.29 is 9.47 Å². The van der Waals surface area contributed by atoms with Gasteiger partial charge in [0.1, 0.15) is 5.75 Å². The third kappa shape index (κ3) is 3.91. The van der Waals surface area contributed by atoms with E-state index in [0.29, 0.717) is 5.95 Å². The second-order valence-electron chi connectivity index (χ2n) is 8.35. The zero-order chi connectivity index (χ0) is 22.0. The summed E-state index contributed by atoms with van der Waals surface area (Å²) in [6, 6.07) is 14.6. The Morgan fingerprint density at radius 2 is 1.91 bits per heavy atom. The van der Waals surface area contributed by atoms with Crippen LogP contribution in [-0.4, -0.2) is 47.0 Å². The van der Waals surface area contributed by atoms with Crippen LogP contribution in [0.5, 0.6) is 5.75 Å². The van der Waals surface area contributed by atoms with Crippen molar-refractivity contribution in [3.63, 3.8) is 0 Å². The number of rotatable bonds is 6. The molecule has 2 aromatic heterocycles. The Kier molecular flexibility index (Phi) is 5.49. The summed E-state index contributed by atoms with van der Waals surface area (Å²) in [6.07, 6.45) is 5.62. The number of H-pyrrole nitrogens is 1. The zero-order valence-electron chi connectivity index (χ0n) is 18.4. The number of aromatic nitrogens is 4. The Labute approximate surface area is 187 Å². The van der Waals surface area contributed by atoms with E-state index in [9.17, 15) is 0 Å². The van der Waals surface area contributed by atoms with E-state index in [1.807, 2.05) is 31.5 Å². The largest absolute Gasteiger partial charge is 0.497 e. The topological polar surface area (TPSA) is 85.0 Å². The molecule has 0 spiro atoms. The molecule has 1 saturated heterocycles. The highest BCUT2D eigenvalue weighted by Crippen LogP contribution is 2.36. The maximum Gasteiger partial charge on any atom is 0.223 e. The van der Waals surface area contributed by atoms with Crippen LogP contribution in [0.3, 0.4) is 0 Å². The summed E-state index contributed by atoms with van der Waals surface area (Å²) >= 11 is 0. The van der Waals surface area contributed by atoms with Crippen LogP contribution in [0.1, 0.15) is 24.1 Å². The number of hydrogen-bond acceptors (Lipinski definition) is 6. The predicted molar refractivity (Wildman–Crippen MR) is 125 cm³/mol. The average molecular weight is 430 g/mol. The summed E-state index contributed by atoms with van der Waals surface area (Å²) in [5.74, 6) is 1.50. The minimum absolute atomic E-state index is 0.0292. The first kappa shape index (κ1) is 20.5. The Balaban J connectivity index is 1.41. The SMILES string of the molecule is COc1ccc(C2(CNc3ncc4ccc(-c5cn[nH]c5C)cc4n3)CCOCC2)cc1. The van der Waals surface area contributed by atoms with Gasteiger partial charge in [0, 0.05) is 48.0 Å². The predicted octanol–water partition coefficient (Wildman–Crippen LogP) is 4.50. The number of ether oxygens (including phenoxy) is 2. The molecule has 1 aliphatic heterocycles. The van der Waals surface area contributed by atoms with Crippen molar-refractivity contribution in [2.45, 2.75) is 25.2 Å². The Morgan fingerprint density at radius 3 is 2.62 bits per heavy atom. The van der Waals surface area contributed by atoms with Gasteiger partial charge in [-0.05, 0) is 49.1 Å². The Bertz CT molecular complexity index is 1210. The lowest BCUT2D eigenvalue weighted by molar-refractivity contribution is 0.0543. The number of methoxy groups -OCH3 is 1. The fourth-order valence-corrected chi connectivity index (χ4v) is 4.44. The fraction of sp³-hybridized carbons (Fsp3) is 0.320. The normalized spacial score (nSPS) is 15.6. The number of benzene rings is 2. The highest BCUT2D eigenvalue weighted by Gasteiger charge is 2.34. The molecule has 3 heterocycles. The molecule has 0 radical (unpaired) electrons. The summed E-state index contributed by atoms with van der Waals surface area (Å²) < 4.78 is 11.0. The highest BCUT2D eigenvalue weighted by molar-refractivity contribution is 5.84. The maximum absolute atomic E-state index is 5.67. The molecule has 0 aliphatic carbocycles. The minimum Gasteiger partial charge on any atom is -0.497 e. The van der Waals surface area contributed by atoms with Gasteiger partial charge >= 0.3 is 0 Å². The lowest BCUT2D eigenvalue weighted by Crippen LogP contribution is -2.40. The average Bonchev–Trinajstić information content (AvgIpc) is 3.28. The quantitative estimate of drug-likeness (QED) is 0.470. The number of anilines is 1. The fourth-order valence-electron chi connectivity index (χ4n) is 4.44. The molecule has 0 bridgehead atoms. The zero-order valence-corrected chi connectivity index (χ0v) is 18.4. The number of nitrogens with one attached hydrogen (secondary N) is 2. The van der Waals surface area contributed by atoms with Crippen molar-refractivity contribution in [1.82, 2.24) is 20.2 Å². The molecular weight excluding hydrogens is 402 g/mol. The van der Waals surface area contributed by atoms with Crippen molar-refractivity contribution in [1.29, 1.82) is 0 Å². The summed E-state index contributed by atoms with van der Waals surface area (Å²) in [6.45, 7) is 4.26. The summed E-state index contributed by atoms with van der Waals surface area (Å²) in [5, 5.41) is 11.7. The van der Waals surface area contributed by atoms with Gasteiger partial charge in [0.25, 0.3) is 0 Å². The van der Waals surface area contributed by atoms with Gasteiger partial charge in [-0.25, -0.2) is 9.97 Å². The molecule has 7 nitrogen and oxygen atoms in total. The maximum atomic E-state index is 5.67. The standard InChI is InChI=1S/C25H27N5O2/c1-17-22(15-28-30-17)18-3-4-19-14-26-24(29-23(19)13-18)27-16-25(9-11-32-12-10-25)20-5-7-21(31-2)8-6-20/h3-8,13-15H,9-12,16H2,1-2H3,(H,28,30)(H,26,27,29). The van der Waals surface area contributed by atoms with Crippen molar-refractivity contribution >= 4 is 16.9 Å². The van der Waals surface area contributed by atoms with Crippen molar-refractivity contribution in [2.24, 2.45) is 0 Å². The van der Waals surface area contributed by atoms with E-state index in [1.165, 1.54) is 5.56 Å². The number of hydrogen-bond donors (Lipinski definition) is 2. The summed E-state index contributed by atoms with van der Waals surface area (Å²) in [7, 11) is 1.69. The Morgan fingerprint density at radius 1 is 1.09 bits per heavy atom. The minimum atomic E-state index is -0.0292. The second kappa shape index (κ2) is 8.59. The number of aryl methyl sites for hydroxylation is 1. The third-order valence-corrected chi connectivity index (χ3v) is 6.46. The van der Waals surface area contributed by atoms with Crippen LogP contribution in [-0.2, 0) is 10.2 Å². The molecule has 164 valence electrons. The third-order valence-electron chi connectivity index (χ3n) is 6.46. The first-order valence-electron chi connectivity index (χ1n) is 10.9. The van der Waals surface area contributed by atoms with E-state index < -0.39 is 0 Å². The second-order valence-corrected chi connectivity index (χ2v) is 8.35. The molecule has 0 unspecified atom stereocenters. The molecule has 7 heteroatoms. The molecule has 2 N–H and O–H groups in total. The lowest BCUT2D eigenvalue weighted by Gasteiger charge is -2.38. The van der Waals surface area contributed by atoms with Gasteiger partial charge < -0.3 is 14.8 Å². The molecule has 4 aromatic rings. The van der Waals surface area contributed by atoms with E-state index in [1.54, 1.807) is 7.11 Å². The molecule has 2 aromatic carbocycles. The monoisotopic (exact) mass is 429 g/mol. The van der Waals surface area contributed by atoms with Crippen LogP contribution in [0, 0.1) is 6.92 Å². The van der Waals surface area contributed by atoms with Crippen LogP contribution >= 0.6 is 0 Å². The van der Waals surface area contributed by atoms with Crippen LogP contribution in [0.15, 0.2) is 54.9 Å². The van der Waals surface area contributed by atoms with E-state index >= 15 is 0 Å². The summed E-state index contributed by atoms with van der Waals surface area (Å²) in [5.41, 5.74) is 5.38. The van der Waals surface area contributed by atoms with Gasteiger partial charge in [-0.2, -0.15) is 5.10 Å². The first-order chi connectivity index (χ1) is 15.7. The molecule has 32 heavy (non-hydrogen) atoms. The molecule has 0 saturated carbocycles. The van der Waals surface area contributed by atoms with E-state index in [0.717, 1.165) is 66.1 Å². The first-order valence-corrected chi connectivity index (χ1v) is 10.9. The van der Waals surface area contributed by atoms with Gasteiger partial charge in [-0.1, -0.05) is 24.3 Å². The van der Waals surface area contributed by atoms with Crippen LogP contribution < -0.4 is 10.1 Å². The molecule has 1 aliphatic rings. The summed E-state index contributed by atoms with van der Waals surface area (Å²) in [4.78, 5) is 9.37. The van der Waals surface area contributed by atoms with Crippen LogP contribution in [0.2, 0.25) is 0 Å². The van der Waals surface area contributed by atoms with Crippen LogP contribution in [0.25, 0.3) is 22.0 Å². The number of aromatic amines is 1. The van der Waals surface area contributed by atoms with E-state index in [4.69, 9.17) is 14.5 Å². The van der Waals surface area contributed by atoms with Crippen molar-refractivity contribution in [3.8, 4) is 16.9 Å². The van der Waals surface area contributed by atoms with Crippen LogP contribution in [0.4, 0.5) is 5.95 Å². The Hall–Kier alpha value is -3.45. The van der Waals surface area contributed by atoms with Gasteiger partial charge in [-0.15, -0.1) is 0 Å². The highest BCUT2D eigenvalue weighted by atomic mass is 16.5. The van der Waals surface area contributed by atoms with Crippen molar-refractivity contribution in [2.75, 3.05) is 32.2 Å². The van der Waals surface area contributed by atoms with E-state index in [2.05, 4.69) is 50.8 Å². The molecule has 0 amide bonds. The number of nitrogens with zero attached hydrogens (tertiary/aromatic N) is 3. The number of fused-ring (bicyclic) bond motifs is 1.